The second-order valence-electron chi connectivity index (χ2n) is 5.51. The Morgan fingerprint density at radius 2 is 1.96 bits per heavy atom. The van der Waals surface area contributed by atoms with Gasteiger partial charge >= 0.3 is 5.97 Å². The molecule has 3 rings (SSSR count). The van der Waals surface area contributed by atoms with Crippen LogP contribution in [0.25, 0.3) is 0 Å². The number of hydrogen-bond acceptors (Lipinski definition) is 5. The van der Waals surface area contributed by atoms with Crippen molar-refractivity contribution >= 4 is 34.8 Å². The van der Waals surface area contributed by atoms with Crippen LogP contribution in [-0.4, -0.2) is 23.5 Å². The van der Waals surface area contributed by atoms with Crippen molar-refractivity contribution < 1.29 is 18.7 Å². The Hall–Kier alpha value is -2.77. The minimum Gasteiger partial charge on any atom is -0.452 e. The maximum atomic E-state index is 13.2. The SMILES string of the molecule is O=C(COC(=O)c1ccc(Cl)nc1)N[C@@H](c1ccc(F)cc1)c1cccs1. The van der Waals surface area contributed by atoms with Crippen molar-refractivity contribution in [3.63, 3.8) is 0 Å². The fraction of sp³-hybridized carbons (Fsp3) is 0.105. The monoisotopic (exact) mass is 404 g/mol. The molecular weight excluding hydrogens is 391 g/mol. The van der Waals surface area contributed by atoms with E-state index < -0.39 is 24.5 Å². The normalized spacial score (nSPS) is 11.6. The molecule has 0 fully saturated rings. The molecule has 27 heavy (non-hydrogen) atoms. The number of ether oxygens (including phenoxy) is 1. The molecule has 5 nitrogen and oxygen atoms in total. The molecule has 138 valence electrons. The van der Waals surface area contributed by atoms with E-state index in [1.165, 1.54) is 41.8 Å². The molecule has 0 aliphatic heterocycles. The van der Waals surface area contributed by atoms with Crippen LogP contribution in [0.5, 0.6) is 0 Å². The fourth-order valence-electron chi connectivity index (χ4n) is 2.34. The lowest BCUT2D eigenvalue weighted by atomic mass is 10.1. The molecular formula is C19H14ClFN2O3S. The highest BCUT2D eigenvalue weighted by atomic mass is 35.5. The highest BCUT2D eigenvalue weighted by Gasteiger charge is 2.19. The Balaban J connectivity index is 1.65. The number of halogens is 2. The number of nitrogens with one attached hydrogen (secondary N) is 1. The van der Waals surface area contributed by atoms with Crippen LogP contribution in [0.2, 0.25) is 5.15 Å². The summed E-state index contributed by atoms with van der Waals surface area (Å²) in [4.78, 5) is 28.9. The van der Waals surface area contributed by atoms with Crippen molar-refractivity contribution in [2.75, 3.05) is 6.61 Å². The maximum Gasteiger partial charge on any atom is 0.340 e. The number of thiophene rings is 1. The number of carbonyl (C=O) groups excluding carboxylic acids is 2. The predicted octanol–water partition coefficient (Wildman–Crippen LogP) is 4.00. The number of benzene rings is 1. The average molecular weight is 405 g/mol. The van der Waals surface area contributed by atoms with Gasteiger partial charge in [-0.25, -0.2) is 14.2 Å². The first kappa shape index (κ1) is 19.0. The maximum absolute atomic E-state index is 13.2. The van der Waals surface area contributed by atoms with Gasteiger partial charge in [0.05, 0.1) is 11.6 Å². The van der Waals surface area contributed by atoms with Gasteiger partial charge in [-0.1, -0.05) is 29.8 Å². The largest absolute Gasteiger partial charge is 0.452 e. The molecule has 0 spiro atoms. The zero-order chi connectivity index (χ0) is 19.2. The van der Waals surface area contributed by atoms with Crippen molar-refractivity contribution in [1.29, 1.82) is 0 Å². The fourth-order valence-corrected chi connectivity index (χ4v) is 3.26. The van der Waals surface area contributed by atoms with Crippen LogP contribution >= 0.6 is 22.9 Å². The van der Waals surface area contributed by atoms with Gasteiger partial charge in [-0.2, -0.15) is 0 Å². The molecule has 1 N–H and O–H groups in total. The van der Waals surface area contributed by atoms with Gasteiger partial charge in [-0.3, -0.25) is 4.79 Å². The predicted molar refractivity (Wildman–Crippen MR) is 100 cm³/mol. The molecule has 0 saturated heterocycles. The van der Waals surface area contributed by atoms with Gasteiger partial charge in [0.15, 0.2) is 6.61 Å². The van der Waals surface area contributed by atoms with Crippen LogP contribution in [-0.2, 0) is 9.53 Å². The van der Waals surface area contributed by atoms with Gasteiger partial charge < -0.3 is 10.1 Å². The molecule has 3 aromatic rings. The number of pyridine rings is 1. The molecule has 0 bridgehead atoms. The number of aromatic nitrogens is 1. The topological polar surface area (TPSA) is 68.3 Å². The first-order valence-electron chi connectivity index (χ1n) is 7.90. The summed E-state index contributed by atoms with van der Waals surface area (Å²) in [5, 5.41) is 4.94. The van der Waals surface area contributed by atoms with E-state index in [0.29, 0.717) is 0 Å². The van der Waals surface area contributed by atoms with Crippen molar-refractivity contribution in [1.82, 2.24) is 10.3 Å². The van der Waals surface area contributed by atoms with E-state index in [4.69, 9.17) is 16.3 Å². The Bertz CT molecular complexity index is 915. The van der Waals surface area contributed by atoms with Gasteiger partial charge in [0.25, 0.3) is 5.91 Å². The van der Waals surface area contributed by atoms with Crippen LogP contribution < -0.4 is 5.32 Å². The molecule has 2 heterocycles. The van der Waals surface area contributed by atoms with E-state index >= 15 is 0 Å². The van der Waals surface area contributed by atoms with Crippen molar-refractivity contribution in [2.24, 2.45) is 0 Å². The van der Waals surface area contributed by atoms with Gasteiger partial charge in [-0.15, -0.1) is 11.3 Å². The quantitative estimate of drug-likeness (QED) is 0.498. The standard InChI is InChI=1S/C19H14ClFN2O3S/c20-16-8-5-13(10-22-16)19(25)26-11-17(24)23-18(15-2-1-9-27-15)12-3-6-14(21)7-4-12/h1-10,18H,11H2,(H,23,24)/t18-/m0/s1. The molecule has 2 aromatic heterocycles. The third-order valence-electron chi connectivity index (χ3n) is 3.63. The second kappa shape index (κ2) is 8.75. The molecule has 0 aliphatic rings. The van der Waals surface area contributed by atoms with E-state index in [0.717, 1.165) is 10.4 Å². The molecule has 1 aromatic carbocycles. The molecule has 8 heteroatoms. The van der Waals surface area contributed by atoms with Crippen LogP contribution in [0.1, 0.15) is 26.8 Å². The second-order valence-corrected chi connectivity index (χ2v) is 6.88. The van der Waals surface area contributed by atoms with Crippen molar-refractivity contribution in [3.8, 4) is 0 Å². The van der Waals surface area contributed by atoms with Gasteiger partial charge in [-0.05, 0) is 41.3 Å². The smallest absolute Gasteiger partial charge is 0.340 e. The zero-order valence-electron chi connectivity index (χ0n) is 13.9. The van der Waals surface area contributed by atoms with Crippen LogP contribution in [0.15, 0.2) is 60.1 Å². The third-order valence-corrected chi connectivity index (χ3v) is 4.79. The highest BCUT2D eigenvalue weighted by molar-refractivity contribution is 7.10. The Labute approximate surface area is 163 Å². The lowest BCUT2D eigenvalue weighted by molar-refractivity contribution is -0.124. The number of amides is 1. The number of esters is 1. The molecule has 0 aliphatic carbocycles. The summed E-state index contributed by atoms with van der Waals surface area (Å²) < 4.78 is 18.2. The van der Waals surface area contributed by atoms with E-state index in [1.54, 1.807) is 12.1 Å². The molecule has 0 saturated carbocycles. The summed E-state index contributed by atoms with van der Waals surface area (Å²) in [6, 6.07) is 12.0. The van der Waals surface area contributed by atoms with Crippen molar-refractivity contribution in [2.45, 2.75) is 6.04 Å². The summed E-state index contributed by atoms with van der Waals surface area (Å²) in [7, 11) is 0. The highest BCUT2D eigenvalue weighted by Crippen LogP contribution is 2.26. The first-order valence-corrected chi connectivity index (χ1v) is 9.15. The molecule has 1 amide bonds. The van der Waals surface area contributed by atoms with Gasteiger partial charge in [0, 0.05) is 11.1 Å². The summed E-state index contributed by atoms with van der Waals surface area (Å²) in [5.74, 6) is -1.52. The molecule has 1 atom stereocenters. The Kier molecular flexibility index (Phi) is 6.16. The Morgan fingerprint density at radius 3 is 2.59 bits per heavy atom. The zero-order valence-corrected chi connectivity index (χ0v) is 15.5. The summed E-state index contributed by atoms with van der Waals surface area (Å²) in [6.07, 6.45) is 1.27. The van der Waals surface area contributed by atoms with Crippen molar-refractivity contribution in [3.05, 3.63) is 87.1 Å². The molecule has 0 unspecified atom stereocenters. The van der Waals surface area contributed by atoms with Crippen LogP contribution in [0.4, 0.5) is 4.39 Å². The minimum atomic E-state index is -0.677. The number of rotatable bonds is 6. The number of carbonyl (C=O) groups is 2. The van der Waals surface area contributed by atoms with Gasteiger partial charge in [0.2, 0.25) is 0 Å². The lowest BCUT2D eigenvalue weighted by Gasteiger charge is -2.18. The first-order chi connectivity index (χ1) is 13.0. The van der Waals surface area contributed by atoms with Gasteiger partial charge in [0.1, 0.15) is 11.0 Å². The average Bonchev–Trinajstić information content (AvgIpc) is 3.20. The third kappa shape index (κ3) is 5.12. The Morgan fingerprint density at radius 1 is 1.19 bits per heavy atom. The minimum absolute atomic E-state index is 0.195. The molecule has 0 radical (unpaired) electrons. The summed E-state index contributed by atoms with van der Waals surface area (Å²) >= 11 is 7.13. The summed E-state index contributed by atoms with van der Waals surface area (Å²) in [6.45, 7) is -0.454. The van der Waals surface area contributed by atoms with E-state index in [-0.39, 0.29) is 16.5 Å². The van der Waals surface area contributed by atoms with Crippen LogP contribution in [0, 0.1) is 5.82 Å². The van der Waals surface area contributed by atoms with E-state index in [1.807, 2.05) is 17.5 Å². The van der Waals surface area contributed by atoms with E-state index in [9.17, 15) is 14.0 Å². The number of nitrogens with zero attached hydrogens (tertiary/aromatic N) is 1. The summed E-state index contributed by atoms with van der Waals surface area (Å²) in [5.41, 5.74) is 0.918. The van der Waals surface area contributed by atoms with E-state index in [2.05, 4.69) is 10.3 Å². The lowest BCUT2D eigenvalue weighted by Crippen LogP contribution is -2.32. The van der Waals surface area contributed by atoms with Crippen LogP contribution in [0.3, 0.4) is 0 Å². The number of hydrogen-bond donors (Lipinski definition) is 1.